The third kappa shape index (κ3) is 3.33. The van der Waals surface area contributed by atoms with Gasteiger partial charge in [0.05, 0.1) is 11.4 Å². The third-order valence-electron chi connectivity index (χ3n) is 3.65. The molecule has 0 atom stereocenters. The Balaban J connectivity index is 1.93. The zero-order valence-corrected chi connectivity index (χ0v) is 15.7. The van der Waals surface area contributed by atoms with Crippen LogP contribution in [0.4, 0.5) is 5.69 Å². The van der Waals surface area contributed by atoms with Crippen molar-refractivity contribution < 1.29 is 9.32 Å². The Morgan fingerprint density at radius 1 is 1.17 bits per heavy atom. The zero-order chi connectivity index (χ0) is 17.3. The quantitative estimate of drug-likeness (QED) is 0.617. The molecule has 0 aliphatic rings. The van der Waals surface area contributed by atoms with Crippen LogP contribution in [0.5, 0.6) is 0 Å². The van der Waals surface area contributed by atoms with Crippen LogP contribution in [-0.2, 0) is 0 Å². The number of nitrogens with one attached hydrogen (secondary N) is 1. The van der Waals surface area contributed by atoms with Crippen LogP contribution in [0.3, 0.4) is 0 Å². The summed E-state index contributed by atoms with van der Waals surface area (Å²) in [6.45, 7) is 5.44. The first kappa shape index (κ1) is 16.6. The number of nitrogens with zero attached hydrogens (tertiary/aromatic N) is 2. The first-order valence-electron chi connectivity index (χ1n) is 7.43. The maximum atomic E-state index is 12.5. The fourth-order valence-corrected chi connectivity index (χ4v) is 3.10. The van der Waals surface area contributed by atoms with Crippen molar-refractivity contribution in [2.75, 3.05) is 5.32 Å². The molecule has 3 aromatic rings. The summed E-state index contributed by atoms with van der Waals surface area (Å²) >= 11 is 2.27. The van der Waals surface area contributed by atoms with Gasteiger partial charge in [0.25, 0.3) is 5.91 Å². The molecule has 1 amide bonds. The number of carbonyl (C=O) groups is 1. The molecular formula is C18H16IN3O2. The first-order chi connectivity index (χ1) is 11.5. The largest absolute Gasteiger partial charge is 0.361 e. The molecule has 0 saturated carbocycles. The second-order valence-electron chi connectivity index (χ2n) is 5.51. The number of aromatic nitrogens is 2. The van der Waals surface area contributed by atoms with E-state index in [1.807, 2.05) is 43.3 Å². The van der Waals surface area contributed by atoms with E-state index in [9.17, 15) is 4.79 Å². The molecule has 1 N–H and O–H groups in total. The highest BCUT2D eigenvalue weighted by atomic mass is 127. The van der Waals surface area contributed by atoms with Gasteiger partial charge in [-0.2, -0.15) is 0 Å². The van der Waals surface area contributed by atoms with E-state index in [-0.39, 0.29) is 5.91 Å². The van der Waals surface area contributed by atoms with Crippen LogP contribution < -0.4 is 5.32 Å². The van der Waals surface area contributed by atoms with Crippen molar-refractivity contribution in [3.05, 3.63) is 62.7 Å². The first-order valence-corrected chi connectivity index (χ1v) is 8.51. The van der Waals surface area contributed by atoms with Crippen molar-refractivity contribution in [3.63, 3.8) is 0 Å². The van der Waals surface area contributed by atoms with Crippen LogP contribution in [-0.4, -0.2) is 16.0 Å². The molecule has 0 fully saturated rings. The minimum Gasteiger partial charge on any atom is -0.361 e. The molecule has 1 aromatic carbocycles. The van der Waals surface area contributed by atoms with Crippen LogP contribution >= 0.6 is 22.6 Å². The van der Waals surface area contributed by atoms with E-state index in [1.165, 1.54) is 0 Å². The minimum atomic E-state index is -0.226. The topological polar surface area (TPSA) is 68.0 Å². The van der Waals surface area contributed by atoms with Crippen LogP contribution in [0, 0.1) is 24.3 Å². The molecule has 2 aromatic heterocycles. The van der Waals surface area contributed by atoms with Gasteiger partial charge in [-0.15, -0.1) is 0 Å². The predicted octanol–water partition coefficient (Wildman–Crippen LogP) is 4.52. The molecule has 0 aliphatic heterocycles. The maximum absolute atomic E-state index is 12.5. The highest BCUT2D eigenvalue weighted by molar-refractivity contribution is 14.1. The normalized spacial score (nSPS) is 10.7. The van der Waals surface area contributed by atoms with E-state index in [1.54, 1.807) is 13.8 Å². The van der Waals surface area contributed by atoms with Crippen molar-refractivity contribution >= 4 is 34.2 Å². The third-order valence-corrected chi connectivity index (χ3v) is 4.59. The average molecular weight is 433 g/mol. The van der Waals surface area contributed by atoms with E-state index in [4.69, 9.17) is 4.52 Å². The van der Waals surface area contributed by atoms with Crippen molar-refractivity contribution in [2.45, 2.75) is 20.8 Å². The molecule has 6 heteroatoms. The molecule has 0 bridgehead atoms. The summed E-state index contributed by atoms with van der Waals surface area (Å²) in [6, 6.07) is 11.7. The lowest BCUT2D eigenvalue weighted by Gasteiger charge is -2.10. The van der Waals surface area contributed by atoms with Gasteiger partial charge in [0.2, 0.25) is 0 Å². The Kier molecular flexibility index (Phi) is 4.66. The smallest absolute Gasteiger partial charge is 0.261 e. The van der Waals surface area contributed by atoms with Gasteiger partial charge in [-0.3, -0.25) is 9.78 Å². The lowest BCUT2D eigenvalue weighted by molar-refractivity contribution is 0.102. The number of hydrogen-bond donors (Lipinski definition) is 1. The number of hydrogen-bond acceptors (Lipinski definition) is 4. The SMILES string of the molecule is Cc1cccc(-c2cc(NC(=O)c3c(C)noc3C)ccc2I)n1. The summed E-state index contributed by atoms with van der Waals surface area (Å²) in [5, 5.41) is 6.73. The van der Waals surface area contributed by atoms with Crippen molar-refractivity contribution in [3.8, 4) is 11.3 Å². The minimum absolute atomic E-state index is 0.226. The highest BCUT2D eigenvalue weighted by Crippen LogP contribution is 2.27. The molecule has 0 saturated heterocycles. The number of carbonyl (C=O) groups excluding carboxylic acids is 1. The Labute approximate surface area is 153 Å². The maximum Gasteiger partial charge on any atom is 0.261 e. The molecule has 24 heavy (non-hydrogen) atoms. The number of anilines is 1. The molecule has 5 nitrogen and oxygen atoms in total. The van der Waals surface area contributed by atoms with E-state index in [0.29, 0.717) is 22.7 Å². The Hall–Kier alpha value is -2.22. The second-order valence-corrected chi connectivity index (χ2v) is 6.67. The lowest BCUT2D eigenvalue weighted by Crippen LogP contribution is -2.13. The number of aryl methyl sites for hydroxylation is 3. The molecule has 0 radical (unpaired) electrons. The van der Waals surface area contributed by atoms with E-state index in [2.05, 4.69) is 38.0 Å². The van der Waals surface area contributed by atoms with Crippen molar-refractivity contribution in [2.24, 2.45) is 0 Å². The Morgan fingerprint density at radius 3 is 2.62 bits per heavy atom. The fourth-order valence-electron chi connectivity index (χ4n) is 2.49. The van der Waals surface area contributed by atoms with Crippen molar-refractivity contribution in [1.82, 2.24) is 10.1 Å². The predicted molar refractivity (Wildman–Crippen MR) is 101 cm³/mol. The van der Waals surface area contributed by atoms with Gasteiger partial charge in [0.15, 0.2) is 0 Å². The summed E-state index contributed by atoms with van der Waals surface area (Å²) < 4.78 is 6.13. The molecule has 0 spiro atoms. The average Bonchev–Trinajstić information content (AvgIpc) is 2.88. The lowest BCUT2D eigenvalue weighted by atomic mass is 10.1. The summed E-state index contributed by atoms with van der Waals surface area (Å²) in [5.41, 5.74) is 4.58. The van der Waals surface area contributed by atoms with Gasteiger partial charge in [0, 0.05) is 20.5 Å². The molecule has 2 heterocycles. The van der Waals surface area contributed by atoms with Gasteiger partial charge < -0.3 is 9.84 Å². The Bertz CT molecular complexity index is 899. The summed E-state index contributed by atoms with van der Waals surface area (Å²) in [6.07, 6.45) is 0. The van der Waals surface area contributed by atoms with E-state index >= 15 is 0 Å². The number of amides is 1. The van der Waals surface area contributed by atoms with E-state index in [0.717, 1.165) is 20.5 Å². The van der Waals surface area contributed by atoms with Gasteiger partial charge >= 0.3 is 0 Å². The number of halogens is 1. The molecule has 0 unspecified atom stereocenters. The molecular weight excluding hydrogens is 417 g/mol. The zero-order valence-electron chi connectivity index (χ0n) is 13.6. The number of rotatable bonds is 3. The van der Waals surface area contributed by atoms with E-state index < -0.39 is 0 Å². The van der Waals surface area contributed by atoms with Crippen LogP contribution in [0.15, 0.2) is 40.9 Å². The number of pyridine rings is 1. The Morgan fingerprint density at radius 2 is 1.96 bits per heavy atom. The van der Waals surface area contributed by atoms with Crippen molar-refractivity contribution in [1.29, 1.82) is 0 Å². The van der Waals surface area contributed by atoms with Crippen LogP contribution in [0.2, 0.25) is 0 Å². The van der Waals surface area contributed by atoms with Gasteiger partial charge in [-0.05, 0) is 73.7 Å². The summed E-state index contributed by atoms with van der Waals surface area (Å²) in [4.78, 5) is 17.0. The van der Waals surface area contributed by atoms with Gasteiger partial charge in [-0.25, -0.2) is 0 Å². The van der Waals surface area contributed by atoms with Gasteiger partial charge in [0.1, 0.15) is 11.3 Å². The molecule has 0 aliphatic carbocycles. The number of benzene rings is 1. The summed E-state index contributed by atoms with van der Waals surface area (Å²) in [5.74, 6) is 0.284. The summed E-state index contributed by atoms with van der Waals surface area (Å²) in [7, 11) is 0. The standard InChI is InChI=1S/C18H16IN3O2/c1-10-5-4-6-16(20-10)14-9-13(7-8-15(14)19)21-18(23)17-11(2)22-24-12(17)3/h4-9H,1-3H3,(H,21,23). The molecule has 122 valence electrons. The van der Waals surface area contributed by atoms with Crippen LogP contribution in [0.1, 0.15) is 27.5 Å². The molecule has 3 rings (SSSR count). The monoisotopic (exact) mass is 433 g/mol. The second kappa shape index (κ2) is 6.72. The van der Waals surface area contributed by atoms with Crippen LogP contribution in [0.25, 0.3) is 11.3 Å². The highest BCUT2D eigenvalue weighted by Gasteiger charge is 2.18. The fraction of sp³-hybridized carbons (Fsp3) is 0.167. The van der Waals surface area contributed by atoms with Gasteiger partial charge in [-0.1, -0.05) is 11.2 Å².